The number of hydrogen-bond acceptors (Lipinski definition) is 14. The van der Waals surface area contributed by atoms with Crippen molar-refractivity contribution in [2.24, 2.45) is 5.16 Å². The number of rotatable bonds is 11. The molecule has 0 bridgehead atoms. The van der Waals surface area contributed by atoms with Gasteiger partial charge in [0, 0.05) is 11.4 Å². The minimum Gasteiger partial charge on any atom is -0.503 e. The SMILES string of the molecule is CC(NC(=O)/C(=N\OCc1cc(=O)c(O)cn1O)c1csc(N)n1)C(C)(C)N(C=O)OS(=O)(=O)O.CSC. The Hall–Kier alpha value is -3.39. The number of oxime groups is 1. The van der Waals surface area contributed by atoms with Crippen LogP contribution in [0.5, 0.6) is 5.75 Å². The fourth-order valence-corrected chi connectivity index (χ4v) is 3.39. The first-order valence-corrected chi connectivity index (χ1v) is 14.1. The van der Waals surface area contributed by atoms with Crippen molar-refractivity contribution in [1.29, 1.82) is 0 Å². The molecule has 0 saturated heterocycles. The van der Waals surface area contributed by atoms with E-state index in [-0.39, 0.29) is 28.6 Å². The summed E-state index contributed by atoms with van der Waals surface area (Å²) in [6, 6.07) is -0.109. The van der Waals surface area contributed by atoms with Crippen molar-refractivity contribution < 1.29 is 42.0 Å². The molecule has 2 heterocycles. The smallest absolute Gasteiger partial charge is 0.418 e. The molecule has 0 aliphatic heterocycles. The van der Waals surface area contributed by atoms with Crippen LogP contribution in [0.15, 0.2) is 27.6 Å². The van der Waals surface area contributed by atoms with Crippen molar-refractivity contribution in [3.05, 3.63) is 39.3 Å². The molecule has 2 amide bonds. The average molecular weight is 597 g/mol. The maximum Gasteiger partial charge on any atom is 0.418 e. The highest BCUT2D eigenvalue weighted by Crippen LogP contribution is 2.20. The Morgan fingerprint density at radius 3 is 2.55 bits per heavy atom. The van der Waals surface area contributed by atoms with Crippen molar-refractivity contribution in [3.8, 4) is 5.75 Å². The molecular formula is C19H28N6O10S3. The molecule has 0 aliphatic carbocycles. The zero-order valence-electron chi connectivity index (χ0n) is 20.9. The lowest BCUT2D eigenvalue weighted by atomic mass is 9.95. The molecule has 1 atom stereocenters. The second kappa shape index (κ2) is 14.0. The summed E-state index contributed by atoms with van der Waals surface area (Å²) in [5.41, 5.74) is 2.84. The number of hydrogen-bond donors (Lipinski definition) is 5. The highest BCUT2D eigenvalue weighted by molar-refractivity contribution is 7.97. The summed E-state index contributed by atoms with van der Waals surface area (Å²) in [5, 5.41) is 27.1. The Kier molecular flexibility index (Phi) is 12.0. The minimum absolute atomic E-state index is 0.00172. The van der Waals surface area contributed by atoms with E-state index in [2.05, 4.69) is 19.7 Å². The van der Waals surface area contributed by atoms with E-state index >= 15 is 0 Å². The summed E-state index contributed by atoms with van der Waals surface area (Å²) in [6.07, 6.45) is 4.83. The molecule has 38 heavy (non-hydrogen) atoms. The lowest BCUT2D eigenvalue weighted by molar-refractivity contribution is -0.166. The van der Waals surface area contributed by atoms with Gasteiger partial charge in [-0.3, -0.25) is 18.9 Å². The molecule has 1 unspecified atom stereocenters. The van der Waals surface area contributed by atoms with E-state index < -0.39 is 45.7 Å². The lowest BCUT2D eigenvalue weighted by Gasteiger charge is -2.37. The summed E-state index contributed by atoms with van der Waals surface area (Å²) in [7, 11) is -5.03. The number of aromatic nitrogens is 2. The highest BCUT2D eigenvalue weighted by Gasteiger charge is 2.37. The predicted molar refractivity (Wildman–Crippen MR) is 139 cm³/mol. The number of nitrogens with zero attached hydrogens (tertiary/aromatic N) is 4. The number of carbonyl (C=O) groups excluding carboxylic acids is 2. The van der Waals surface area contributed by atoms with E-state index in [9.17, 15) is 33.1 Å². The van der Waals surface area contributed by atoms with Gasteiger partial charge in [-0.05, 0) is 33.3 Å². The summed E-state index contributed by atoms with van der Waals surface area (Å²) >= 11 is 2.74. The number of nitrogens with two attached hydrogens (primary N) is 1. The van der Waals surface area contributed by atoms with Crippen molar-refractivity contribution in [2.45, 2.75) is 39.0 Å². The molecule has 2 aromatic rings. The highest BCUT2D eigenvalue weighted by atomic mass is 32.3. The summed E-state index contributed by atoms with van der Waals surface area (Å²) in [6.45, 7) is 3.61. The topological polar surface area (TPSA) is 236 Å². The van der Waals surface area contributed by atoms with E-state index in [1.807, 2.05) is 12.5 Å². The number of hydroxylamine groups is 2. The zero-order valence-corrected chi connectivity index (χ0v) is 23.3. The van der Waals surface area contributed by atoms with E-state index in [0.717, 1.165) is 23.6 Å². The van der Waals surface area contributed by atoms with Crippen LogP contribution in [-0.2, 0) is 35.7 Å². The first-order chi connectivity index (χ1) is 17.6. The van der Waals surface area contributed by atoms with Crippen molar-refractivity contribution in [1.82, 2.24) is 20.1 Å². The van der Waals surface area contributed by atoms with Crippen molar-refractivity contribution in [2.75, 3.05) is 18.2 Å². The summed E-state index contributed by atoms with van der Waals surface area (Å²) in [5.74, 6) is -1.59. The van der Waals surface area contributed by atoms with Crippen LogP contribution in [0.25, 0.3) is 0 Å². The number of amides is 2. The van der Waals surface area contributed by atoms with Gasteiger partial charge in [-0.2, -0.15) is 30.0 Å². The number of nitrogen functional groups attached to an aromatic ring is 1. The van der Waals surface area contributed by atoms with Crippen LogP contribution in [0.1, 0.15) is 32.2 Å². The lowest BCUT2D eigenvalue weighted by Crippen LogP contribution is -2.58. The first kappa shape index (κ1) is 32.6. The molecule has 0 aromatic carbocycles. The molecular weight excluding hydrogens is 568 g/mol. The fourth-order valence-electron chi connectivity index (χ4n) is 2.41. The molecule has 2 rings (SSSR count). The maximum absolute atomic E-state index is 13.0. The Bertz CT molecular complexity index is 1310. The van der Waals surface area contributed by atoms with Gasteiger partial charge >= 0.3 is 10.4 Å². The number of pyridine rings is 1. The number of aromatic hydroxyl groups is 1. The number of nitrogens with one attached hydrogen (secondary N) is 1. The maximum atomic E-state index is 13.0. The van der Waals surface area contributed by atoms with E-state index in [1.54, 1.807) is 11.8 Å². The Labute approximate surface area is 225 Å². The van der Waals surface area contributed by atoms with Gasteiger partial charge in [-0.25, -0.2) is 4.98 Å². The largest absolute Gasteiger partial charge is 0.503 e. The second-order valence-electron chi connectivity index (χ2n) is 7.83. The Balaban J connectivity index is 0.00000229. The summed E-state index contributed by atoms with van der Waals surface area (Å²) < 4.78 is 35.6. The number of anilines is 1. The van der Waals surface area contributed by atoms with Crippen molar-refractivity contribution >= 4 is 56.7 Å². The molecule has 0 spiro atoms. The Morgan fingerprint density at radius 2 is 2.05 bits per heavy atom. The number of carbonyl (C=O) groups is 2. The van der Waals surface area contributed by atoms with Gasteiger partial charge in [-0.15, -0.1) is 15.6 Å². The van der Waals surface area contributed by atoms with Crippen LogP contribution < -0.4 is 16.5 Å². The zero-order chi connectivity index (χ0) is 29.3. The first-order valence-electron chi connectivity index (χ1n) is 10.2. The van der Waals surface area contributed by atoms with Crippen LogP contribution in [-0.4, -0.2) is 80.2 Å². The fraction of sp³-hybridized carbons (Fsp3) is 0.421. The molecule has 19 heteroatoms. The van der Waals surface area contributed by atoms with Crippen LogP contribution >= 0.6 is 23.1 Å². The van der Waals surface area contributed by atoms with Gasteiger partial charge in [0.05, 0.1) is 17.8 Å². The van der Waals surface area contributed by atoms with Gasteiger partial charge in [-0.1, -0.05) is 5.16 Å². The molecule has 2 aromatic heterocycles. The minimum atomic E-state index is -5.03. The number of thioether (sulfide) groups is 1. The molecule has 212 valence electrons. The van der Waals surface area contributed by atoms with Crippen molar-refractivity contribution in [3.63, 3.8) is 0 Å². The molecule has 0 saturated carbocycles. The van der Waals surface area contributed by atoms with Gasteiger partial charge in [0.2, 0.25) is 11.8 Å². The third kappa shape index (κ3) is 9.49. The van der Waals surface area contributed by atoms with Gasteiger partial charge < -0.3 is 26.2 Å². The Morgan fingerprint density at radius 1 is 1.45 bits per heavy atom. The van der Waals surface area contributed by atoms with Gasteiger partial charge in [0.25, 0.3) is 5.91 Å². The normalized spacial score (nSPS) is 12.6. The van der Waals surface area contributed by atoms with Crippen LogP contribution in [0.4, 0.5) is 5.13 Å². The third-order valence-electron chi connectivity index (χ3n) is 4.68. The van der Waals surface area contributed by atoms with E-state index in [4.69, 9.17) is 15.1 Å². The molecule has 0 aliphatic rings. The average Bonchev–Trinajstić information content (AvgIpc) is 3.23. The molecule has 0 radical (unpaired) electrons. The molecule has 0 fully saturated rings. The van der Waals surface area contributed by atoms with E-state index in [1.165, 1.54) is 26.2 Å². The van der Waals surface area contributed by atoms with Gasteiger partial charge in [0.1, 0.15) is 11.4 Å². The van der Waals surface area contributed by atoms with Crippen LogP contribution in [0.3, 0.4) is 0 Å². The quantitative estimate of drug-likeness (QED) is 0.0767. The molecule has 6 N–H and O–H groups in total. The third-order valence-corrected chi connectivity index (χ3v) is 5.71. The van der Waals surface area contributed by atoms with Crippen LogP contribution in [0, 0.1) is 0 Å². The number of thiazole rings is 1. The molecule has 16 nitrogen and oxygen atoms in total. The van der Waals surface area contributed by atoms with E-state index in [0.29, 0.717) is 9.79 Å². The monoisotopic (exact) mass is 596 g/mol. The second-order valence-corrected chi connectivity index (χ2v) is 10.5. The van der Waals surface area contributed by atoms with Crippen LogP contribution in [0.2, 0.25) is 0 Å². The summed E-state index contributed by atoms with van der Waals surface area (Å²) in [4.78, 5) is 44.9. The predicted octanol–water partition coefficient (Wildman–Crippen LogP) is 0.206. The standard InChI is InChI=1S/C17H22N6O10S2.C2H6S/c1-9(17(2,3)23(8-24)33-35(29,30)31)19-15(27)14(11-7-34-16(18)20-11)21-32-6-10-4-12(25)13(26)5-22(10)28;1-3-2/h4-5,7-9,26,28H,6H2,1-3H3,(H2,18,20)(H,19,27)(H,29,30,31);1-2H3/b21-14-;. The van der Waals surface area contributed by atoms with Gasteiger partial charge in [0.15, 0.2) is 23.2 Å².